The lowest BCUT2D eigenvalue weighted by atomic mass is 9.99. The molecule has 4 rings (SSSR count). The predicted molar refractivity (Wildman–Crippen MR) is 99.1 cm³/mol. The van der Waals surface area contributed by atoms with Gasteiger partial charge >= 0.3 is 5.69 Å². The van der Waals surface area contributed by atoms with Gasteiger partial charge in [0, 0.05) is 23.1 Å². The molecule has 2 aromatic heterocycles. The normalized spacial score (nSPS) is 17.4. The number of carbonyl (C=O) groups is 1. The molecule has 1 atom stereocenters. The van der Waals surface area contributed by atoms with E-state index in [2.05, 4.69) is 20.2 Å². The summed E-state index contributed by atoms with van der Waals surface area (Å²) in [6.07, 6.45) is 2.75. The zero-order chi connectivity index (χ0) is 18.1. The Balaban J connectivity index is 1.58. The first-order valence-corrected chi connectivity index (χ1v) is 9.48. The number of carbonyl (C=O) groups excluding carboxylic acids is 1. The van der Waals surface area contributed by atoms with E-state index in [1.54, 1.807) is 16.2 Å². The van der Waals surface area contributed by atoms with Crippen LogP contribution in [0.4, 0.5) is 0 Å². The van der Waals surface area contributed by atoms with Crippen molar-refractivity contribution >= 4 is 17.2 Å². The number of hydrogen-bond acceptors (Lipinski definition) is 5. The summed E-state index contributed by atoms with van der Waals surface area (Å²) in [5.74, 6) is 0.483. The smallest absolute Gasteiger partial charge is 0.328 e. The van der Waals surface area contributed by atoms with E-state index in [4.69, 9.17) is 0 Å². The van der Waals surface area contributed by atoms with E-state index in [9.17, 15) is 9.59 Å². The second kappa shape index (κ2) is 6.87. The Hall–Kier alpha value is -2.74. The molecule has 3 heterocycles. The second-order valence-corrected chi connectivity index (χ2v) is 7.46. The highest BCUT2D eigenvalue weighted by Crippen LogP contribution is 2.30. The summed E-state index contributed by atoms with van der Waals surface area (Å²) in [6, 6.07) is 7.33. The van der Waals surface area contributed by atoms with Gasteiger partial charge in [0.15, 0.2) is 5.82 Å². The highest BCUT2D eigenvalue weighted by atomic mass is 32.1. The average Bonchev–Trinajstić information content (AvgIpc) is 3.30. The van der Waals surface area contributed by atoms with E-state index < -0.39 is 0 Å². The summed E-state index contributed by atoms with van der Waals surface area (Å²) in [6.45, 7) is 2.63. The Morgan fingerprint density at radius 1 is 1.27 bits per heavy atom. The van der Waals surface area contributed by atoms with E-state index in [0.29, 0.717) is 17.9 Å². The number of H-pyrrole nitrogens is 2. The lowest BCUT2D eigenvalue weighted by Gasteiger charge is -2.34. The summed E-state index contributed by atoms with van der Waals surface area (Å²) in [5, 5.41) is 9.45. The number of likely N-dealkylation sites (tertiary alicyclic amines) is 1. The summed E-state index contributed by atoms with van der Waals surface area (Å²) in [4.78, 5) is 33.4. The first-order chi connectivity index (χ1) is 12.6. The van der Waals surface area contributed by atoms with Crippen LogP contribution in [0.15, 0.2) is 34.4 Å². The molecule has 1 saturated heterocycles. The molecular weight excluding hydrogens is 350 g/mol. The molecule has 1 aliphatic heterocycles. The molecular formula is C18H19N5O2S. The van der Waals surface area contributed by atoms with Gasteiger partial charge in [-0.25, -0.2) is 14.9 Å². The van der Waals surface area contributed by atoms with Crippen molar-refractivity contribution in [1.82, 2.24) is 25.1 Å². The number of nitrogens with zero attached hydrogens (tertiary/aromatic N) is 3. The van der Waals surface area contributed by atoms with E-state index >= 15 is 0 Å². The third kappa shape index (κ3) is 3.20. The number of rotatable bonds is 3. The number of aryl methyl sites for hydroxylation is 1. The molecule has 1 amide bonds. The van der Waals surface area contributed by atoms with Gasteiger partial charge in [-0.15, -0.1) is 11.3 Å². The van der Waals surface area contributed by atoms with Crippen LogP contribution < -0.4 is 5.69 Å². The molecule has 0 radical (unpaired) electrons. The zero-order valence-electron chi connectivity index (χ0n) is 14.4. The molecule has 1 aromatic carbocycles. The molecule has 8 heteroatoms. The Labute approximate surface area is 154 Å². The number of nitrogens with one attached hydrogen (secondary N) is 2. The summed E-state index contributed by atoms with van der Waals surface area (Å²) in [5.41, 5.74) is 2.21. The van der Waals surface area contributed by atoms with E-state index in [-0.39, 0.29) is 17.6 Å². The first-order valence-electron chi connectivity index (χ1n) is 8.60. The Bertz CT molecular complexity index is 972. The zero-order valence-corrected chi connectivity index (χ0v) is 15.2. The number of piperidine rings is 1. The topological polar surface area (TPSA) is 94.7 Å². The van der Waals surface area contributed by atoms with Gasteiger partial charge in [-0.05, 0) is 38.3 Å². The van der Waals surface area contributed by atoms with Gasteiger partial charge in [0.1, 0.15) is 0 Å². The number of aromatic nitrogens is 4. The summed E-state index contributed by atoms with van der Waals surface area (Å²) in [7, 11) is 0. The van der Waals surface area contributed by atoms with Gasteiger partial charge in [-0.1, -0.05) is 12.1 Å². The molecule has 0 aliphatic carbocycles. The molecule has 26 heavy (non-hydrogen) atoms. The molecule has 0 bridgehead atoms. The van der Waals surface area contributed by atoms with Crippen LogP contribution in [0.1, 0.15) is 46.5 Å². The largest absolute Gasteiger partial charge is 0.340 e. The number of amides is 1. The van der Waals surface area contributed by atoms with Gasteiger partial charge in [-0.3, -0.25) is 9.78 Å². The lowest BCUT2D eigenvalue weighted by Crippen LogP contribution is -2.39. The minimum Gasteiger partial charge on any atom is -0.328 e. The van der Waals surface area contributed by atoms with Crippen molar-refractivity contribution in [2.24, 2.45) is 0 Å². The Kier molecular flexibility index (Phi) is 4.42. The highest BCUT2D eigenvalue weighted by molar-refractivity contribution is 7.09. The van der Waals surface area contributed by atoms with Crippen LogP contribution in [-0.2, 0) is 0 Å². The Morgan fingerprint density at radius 3 is 2.73 bits per heavy atom. The second-order valence-electron chi connectivity index (χ2n) is 6.40. The molecule has 2 N–H and O–H groups in total. The van der Waals surface area contributed by atoms with Crippen molar-refractivity contribution < 1.29 is 4.79 Å². The van der Waals surface area contributed by atoms with Crippen molar-refractivity contribution in [3.63, 3.8) is 0 Å². The van der Waals surface area contributed by atoms with Crippen LogP contribution >= 0.6 is 11.3 Å². The summed E-state index contributed by atoms with van der Waals surface area (Å²) < 4.78 is 0. The Morgan fingerprint density at radius 2 is 2.08 bits per heavy atom. The third-order valence-corrected chi connectivity index (χ3v) is 5.42. The summed E-state index contributed by atoms with van der Waals surface area (Å²) >= 11 is 1.61. The van der Waals surface area contributed by atoms with Gasteiger partial charge in [0.25, 0.3) is 5.91 Å². The lowest BCUT2D eigenvalue weighted by molar-refractivity contribution is 0.0600. The standard InChI is InChI=1S/C18H19N5O2S/c1-11-19-14(10-26-11)12-5-7-13(8-6-12)17(24)23-9-3-2-4-15(23)16-20-18(25)22-21-16/h5-8,10,15H,2-4,9H2,1H3,(H2,20,21,22,25)/t15-/m1/s1. The van der Waals surface area contributed by atoms with E-state index in [1.807, 2.05) is 36.6 Å². The predicted octanol–water partition coefficient (Wildman–Crippen LogP) is 2.90. The molecule has 1 aliphatic rings. The molecule has 3 aromatic rings. The molecule has 134 valence electrons. The highest BCUT2D eigenvalue weighted by Gasteiger charge is 2.30. The molecule has 7 nitrogen and oxygen atoms in total. The van der Waals surface area contributed by atoms with Crippen LogP contribution in [-0.4, -0.2) is 37.5 Å². The van der Waals surface area contributed by atoms with Gasteiger partial charge in [0.2, 0.25) is 0 Å². The molecule has 1 fully saturated rings. The van der Waals surface area contributed by atoms with Gasteiger partial charge in [-0.2, -0.15) is 5.10 Å². The minimum atomic E-state index is -0.346. The maximum absolute atomic E-state index is 13.0. The maximum Gasteiger partial charge on any atom is 0.340 e. The molecule has 0 spiro atoms. The number of thiazole rings is 1. The van der Waals surface area contributed by atoms with Gasteiger partial charge in [0.05, 0.1) is 16.7 Å². The van der Waals surface area contributed by atoms with Crippen LogP contribution in [0, 0.1) is 6.92 Å². The fourth-order valence-electron chi connectivity index (χ4n) is 3.35. The van der Waals surface area contributed by atoms with Crippen LogP contribution in [0.5, 0.6) is 0 Å². The van der Waals surface area contributed by atoms with Crippen LogP contribution in [0.25, 0.3) is 11.3 Å². The first kappa shape index (κ1) is 16.7. The minimum absolute atomic E-state index is 0.0421. The van der Waals surface area contributed by atoms with Crippen molar-refractivity contribution in [2.75, 3.05) is 6.54 Å². The van der Waals surface area contributed by atoms with Gasteiger partial charge < -0.3 is 4.90 Å². The van der Waals surface area contributed by atoms with Crippen LogP contribution in [0.2, 0.25) is 0 Å². The van der Waals surface area contributed by atoms with Crippen LogP contribution in [0.3, 0.4) is 0 Å². The van der Waals surface area contributed by atoms with Crippen molar-refractivity contribution in [2.45, 2.75) is 32.2 Å². The fourth-order valence-corrected chi connectivity index (χ4v) is 3.97. The molecule has 0 unspecified atom stereocenters. The van der Waals surface area contributed by atoms with Crippen molar-refractivity contribution in [1.29, 1.82) is 0 Å². The quantitative estimate of drug-likeness (QED) is 0.742. The number of benzene rings is 1. The fraction of sp³-hybridized carbons (Fsp3) is 0.333. The van der Waals surface area contributed by atoms with E-state index in [1.165, 1.54) is 0 Å². The number of hydrogen-bond donors (Lipinski definition) is 2. The molecule has 0 saturated carbocycles. The monoisotopic (exact) mass is 369 g/mol. The van der Waals surface area contributed by atoms with E-state index in [0.717, 1.165) is 35.5 Å². The van der Waals surface area contributed by atoms with Crippen molar-refractivity contribution in [3.8, 4) is 11.3 Å². The van der Waals surface area contributed by atoms with Crippen molar-refractivity contribution in [3.05, 3.63) is 56.5 Å². The SMILES string of the molecule is Cc1nc(-c2ccc(C(=O)N3CCCC[C@@H]3c3n[nH]c(=O)[nH]3)cc2)cs1. The number of aromatic amines is 2. The maximum atomic E-state index is 13.0. The average molecular weight is 369 g/mol. The third-order valence-electron chi connectivity index (χ3n) is 4.65.